The van der Waals surface area contributed by atoms with Crippen LogP contribution in [0.4, 0.5) is 0 Å². The summed E-state index contributed by atoms with van der Waals surface area (Å²) in [6, 6.07) is 9.58. The van der Waals surface area contributed by atoms with Crippen molar-refractivity contribution in [3.05, 3.63) is 73.6 Å². The highest BCUT2D eigenvalue weighted by molar-refractivity contribution is 6.05. The first-order valence-electron chi connectivity index (χ1n) is 9.49. The minimum absolute atomic E-state index is 0.159. The van der Waals surface area contributed by atoms with Gasteiger partial charge in [0.15, 0.2) is 5.65 Å². The van der Waals surface area contributed by atoms with Crippen LogP contribution in [-0.2, 0) is 13.1 Å². The molecule has 0 unspecified atom stereocenters. The zero-order valence-corrected chi connectivity index (χ0v) is 15.9. The molecule has 1 amide bonds. The van der Waals surface area contributed by atoms with Gasteiger partial charge in [-0.3, -0.25) is 19.1 Å². The molecule has 3 aromatic rings. The van der Waals surface area contributed by atoms with E-state index in [-0.39, 0.29) is 28.4 Å². The molecule has 1 aliphatic carbocycles. The van der Waals surface area contributed by atoms with E-state index in [0.717, 1.165) is 29.7 Å². The molecule has 1 fully saturated rings. The van der Waals surface area contributed by atoms with Gasteiger partial charge < -0.3 is 5.32 Å². The second kappa shape index (κ2) is 7.07. The Labute approximate surface area is 161 Å². The van der Waals surface area contributed by atoms with E-state index in [0.29, 0.717) is 13.1 Å². The molecule has 144 valence electrons. The predicted octanol–water partition coefficient (Wildman–Crippen LogP) is 2.22. The van der Waals surface area contributed by atoms with E-state index in [4.69, 9.17) is 0 Å². The van der Waals surface area contributed by atoms with Crippen LogP contribution in [0.3, 0.4) is 0 Å². The first-order chi connectivity index (χ1) is 13.5. The van der Waals surface area contributed by atoms with Crippen molar-refractivity contribution in [3.8, 4) is 0 Å². The summed E-state index contributed by atoms with van der Waals surface area (Å²) in [5, 5.41) is 3.05. The number of nitrogens with one attached hydrogen (secondary N) is 2. The van der Waals surface area contributed by atoms with E-state index in [1.165, 1.54) is 4.57 Å². The lowest BCUT2D eigenvalue weighted by molar-refractivity contribution is 0.0952. The number of rotatable bonds is 5. The molecule has 2 N–H and O–H groups in total. The summed E-state index contributed by atoms with van der Waals surface area (Å²) < 4.78 is 1.40. The highest BCUT2D eigenvalue weighted by Crippen LogP contribution is 2.39. The van der Waals surface area contributed by atoms with Crippen molar-refractivity contribution in [3.63, 3.8) is 0 Å². The van der Waals surface area contributed by atoms with Gasteiger partial charge in [-0.2, -0.15) is 0 Å². The number of aromatic nitrogens is 3. The number of hydrogen-bond acceptors (Lipinski definition) is 4. The molecule has 1 aliphatic rings. The maximum atomic E-state index is 13.0. The number of H-pyrrole nitrogens is 1. The molecule has 2 heterocycles. The summed E-state index contributed by atoms with van der Waals surface area (Å²) in [5.74, 6) is -0.0607. The van der Waals surface area contributed by atoms with Gasteiger partial charge in [0.2, 0.25) is 0 Å². The first kappa shape index (κ1) is 18.2. The van der Waals surface area contributed by atoms with Crippen molar-refractivity contribution < 1.29 is 4.79 Å². The number of hydrogen-bond donors (Lipinski definition) is 2. The third-order valence-electron chi connectivity index (χ3n) is 5.10. The van der Waals surface area contributed by atoms with Crippen LogP contribution in [0.5, 0.6) is 0 Å². The van der Waals surface area contributed by atoms with Gasteiger partial charge in [-0.15, -0.1) is 0 Å². The number of nitrogens with zero attached hydrogens (tertiary/aromatic N) is 2. The van der Waals surface area contributed by atoms with Crippen LogP contribution in [0.25, 0.3) is 11.0 Å². The van der Waals surface area contributed by atoms with Crippen LogP contribution < -0.4 is 16.6 Å². The highest BCUT2D eigenvalue weighted by Gasteiger charge is 2.28. The molecular formula is C21H22N4O3. The summed E-state index contributed by atoms with van der Waals surface area (Å²) in [7, 11) is 0. The van der Waals surface area contributed by atoms with Crippen LogP contribution in [0.2, 0.25) is 0 Å². The van der Waals surface area contributed by atoms with Gasteiger partial charge in [-0.25, -0.2) is 9.78 Å². The minimum Gasteiger partial charge on any atom is -0.348 e. The quantitative estimate of drug-likeness (QED) is 0.711. The smallest absolute Gasteiger partial charge is 0.329 e. The van der Waals surface area contributed by atoms with E-state index in [1.807, 2.05) is 38.1 Å². The van der Waals surface area contributed by atoms with Crippen molar-refractivity contribution in [1.82, 2.24) is 19.9 Å². The Bertz CT molecular complexity index is 1170. The van der Waals surface area contributed by atoms with Gasteiger partial charge in [-0.05, 0) is 38.3 Å². The fourth-order valence-electron chi connectivity index (χ4n) is 3.34. The fraction of sp³-hybridized carbons (Fsp3) is 0.333. The van der Waals surface area contributed by atoms with E-state index < -0.39 is 11.2 Å². The Kier molecular flexibility index (Phi) is 4.58. The van der Waals surface area contributed by atoms with E-state index in [9.17, 15) is 14.4 Å². The van der Waals surface area contributed by atoms with Crippen LogP contribution >= 0.6 is 0 Å². The normalized spacial score (nSPS) is 13.6. The number of carbonyl (C=O) groups is 1. The van der Waals surface area contributed by atoms with Gasteiger partial charge in [-0.1, -0.05) is 29.8 Å². The highest BCUT2D eigenvalue weighted by atomic mass is 16.2. The molecule has 0 atom stereocenters. The second-order valence-corrected chi connectivity index (χ2v) is 7.24. The lowest BCUT2D eigenvalue weighted by Gasteiger charge is -2.12. The Hall–Kier alpha value is -3.22. The number of carbonyl (C=O) groups excluding carboxylic acids is 1. The Morgan fingerprint density at radius 3 is 2.61 bits per heavy atom. The lowest BCUT2D eigenvalue weighted by atomic mass is 10.1. The van der Waals surface area contributed by atoms with Crippen molar-refractivity contribution in [2.45, 2.75) is 45.7 Å². The summed E-state index contributed by atoms with van der Waals surface area (Å²) in [4.78, 5) is 44.5. The topological polar surface area (TPSA) is 96.9 Å². The number of aryl methyl sites for hydroxylation is 2. The third-order valence-corrected chi connectivity index (χ3v) is 5.10. The molecule has 1 saturated carbocycles. The minimum atomic E-state index is -0.583. The average molecular weight is 378 g/mol. The van der Waals surface area contributed by atoms with Crippen LogP contribution in [0, 0.1) is 6.92 Å². The summed E-state index contributed by atoms with van der Waals surface area (Å²) in [6.07, 6.45) is 2.00. The zero-order valence-electron chi connectivity index (χ0n) is 15.9. The van der Waals surface area contributed by atoms with Gasteiger partial charge >= 0.3 is 5.69 Å². The molecule has 2 aromatic heterocycles. The van der Waals surface area contributed by atoms with Crippen molar-refractivity contribution in [2.24, 2.45) is 0 Å². The molecule has 0 saturated heterocycles. The number of benzene rings is 1. The second-order valence-electron chi connectivity index (χ2n) is 7.24. The van der Waals surface area contributed by atoms with Crippen LogP contribution in [-0.4, -0.2) is 20.4 Å². The molecule has 0 aliphatic heterocycles. The molecular weight excluding hydrogens is 356 g/mol. The third kappa shape index (κ3) is 3.35. The maximum absolute atomic E-state index is 13.0. The molecule has 0 radical (unpaired) electrons. The summed E-state index contributed by atoms with van der Waals surface area (Å²) in [6.45, 7) is 4.52. The monoisotopic (exact) mass is 378 g/mol. The zero-order chi connectivity index (χ0) is 19.8. The largest absolute Gasteiger partial charge is 0.348 e. The van der Waals surface area contributed by atoms with Gasteiger partial charge in [0, 0.05) is 24.7 Å². The molecule has 7 heteroatoms. The number of pyridine rings is 1. The Morgan fingerprint density at radius 1 is 1.25 bits per heavy atom. The SMILES string of the molecule is CCn1c(=O)[nH]c(=O)c2c(C(=O)NCc3ccc(C)cc3)cc(C3CC3)nc21. The Morgan fingerprint density at radius 2 is 1.96 bits per heavy atom. The molecule has 4 rings (SSSR count). The number of aromatic amines is 1. The summed E-state index contributed by atoms with van der Waals surface area (Å²) >= 11 is 0. The van der Waals surface area contributed by atoms with E-state index >= 15 is 0 Å². The van der Waals surface area contributed by atoms with Crippen LogP contribution in [0.15, 0.2) is 39.9 Å². The van der Waals surface area contributed by atoms with Crippen LogP contribution in [0.1, 0.15) is 52.9 Å². The van der Waals surface area contributed by atoms with Crippen molar-refractivity contribution >= 4 is 16.9 Å². The molecule has 0 spiro atoms. The predicted molar refractivity (Wildman–Crippen MR) is 107 cm³/mol. The number of fused-ring (bicyclic) bond motifs is 1. The maximum Gasteiger partial charge on any atom is 0.329 e. The molecule has 1 aromatic carbocycles. The molecule has 28 heavy (non-hydrogen) atoms. The standard InChI is InChI=1S/C21H22N4O3/c1-3-25-18-17(20(27)24-21(25)28)15(10-16(23-18)14-8-9-14)19(26)22-11-13-6-4-12(2)5-7-13/h4-7,10,14H,3,8-9,11H2,1-2H3,(H,22,26)(H,24,27,28). The number of amides is 1. The summed E-state index contributed by atoms with van der Waals surface area (Å²) in [5.41, 5.74) is 2.34. The Balaban J connectivity index is 1.78. The lowest BCUT2D eigenvalue weighted by Crippen LogP contribution is -2.33. The molecule has 7 nitrogen and oxygen atoms in total. The van der Waals surface area contributed by atoms with E-state index in [2.05, 4.69) is 15.3 Å². The van der Waals surface area contributed by atoms with E-state index in [1.54, 1.807) is 6.07 Å². The van der Waals surface area contributed by atoms with Gasteiger partial charge in [0.05, 0.1) is 10.9 Å². The van der Waals surface area contributed by atoms with Gasteiger partial charge in [0.25, 0.3) is 11.5 Å². The first-order valence-corrected chi connectivity index (χ1v) is 9.49. The fourth-order valence-corrected chi connectivity index (χ4v) is 3.34. The van der Waals surface area contributed by atoms with Crippen molar-refractivity contribution in [1.29, 1.82) is 0 Å². The van der Waals surface area contributed by atoms with Gasteiger partial charge in [0.1, 0.15) is 0 Å². The van der Waals surface area contributed by atoms with Crippen molar-refractivity contribution in [2.75, 3.05) is 0 Å². The average Bonchev–Trinajstić information content (AvgIpc) is 3.52. The molecule has 0 bridgehead atoms.